The normalized spacial score (nSPS) is 11.1. The summed E-state index contributed by atoms with van der Waals surface area (Å²) in [5.74, 6) is 8.64. The Morgan fingerprint density at radius 1 is 0.177 bits per heavy atom. The Labute approximate surface area is 658 Å². The molecule has 16 aromatic rings. The Hall–Kier alpha value is -14.8. The molecule has 0 aromatic heterocycles. The van der Waals surface area contributed by atoms with E-state index in [-0.39, 0.29) is 0 Å². The molecule has 0 unspecified atom stereocenters. The second-order valence-corrected chi connectivity index (χ2v) is 39.7. The van der Waals surface area contributed by atoms with E-state index in [0.29, 0.717) is 149 Å². The molecule has 0 fully saturated rings. The molecule has 0 bridgehead atoms. The van der Waals surface area contributed by atoms with E-state index in [4.69, 9.17) is 83.8 Å². The summed E-state index contributed by atoms with van der Waals surface area (Å²) in [4.78, 5) is 0. The first-order valence-corrected chi connectivity index (χ1v) is 43.3. The maximum absolute atomic E-state index is 7.90. The SMILES string of the molecule is Nc1ccc(Oc2ccc(-c3c(Oc4ccccc4N)c(-c4ccc(Oc5cccc(N)c5)cc4)c(-c4ccc(Oc5cccc(N)c5)cc4)[c]([Bi]([c]4ccc(Oc5cccc(N)c5)cc4)([c]4ccc(Oc5cccc(N)c5)cc4)[c]4ccc(Oc5ccccc5N)cc4)c3-c3ccc(Oc4ccc(N)cc4)cc3)cc2)cc1. The van der Waals surface area contributed by atoms with Crippen LogP contribution < -0.4 is 96.8 Å². The van der Waals surface area contributed by atoms with Crippen molar-refractivity contribution in [2.45, 2.75) is 0 Å². The molecule has 0 aliphatic carbocycles. The van der Waals surface area contributed by atoms with Crippen LogP contribution in [0.4, 0.5) is 45.5 Å². The summed E-state index contributed by atoms with van der Waals surface area (Å²) in [6.07, 6.45) is 0. The van der Waals surface area contributed by atoms with Crippen LogP contribution in [0.25, 0.3) is 44.5 Å². The molecule has 0 saturated carbocycles. The predicted octanol–water partition coefficient (Wildman–Crippen LogP) is 20.7. The van der Waals surface area contributed by atoms with Gasteiger partial charge in [-0.2, -0.15) is 0 Å². The predicted molar refractivity (Wildman–Crippen MR) is 459 cm³/mol. The molecule has 0 aliphatic rings. The summed E-state index contributed by atoms with van der Waals surface area (Å²) in [5.41, 5.74) is 62.2. The van der Waals surface area contributed by atoms with Crippen LogP contribution in [0.3, 0.4) is 0 Å². The first-order chi connectivity index (χ1) is 55.2. The van der Waals surface area contributed by atoms with E-state index in [1.54, 1.807) is 36.4 Å². The Balaban J connectivity index is 1.09. The van der Waals surface area contributed by atoms with E-state index in [9.17, 15) is 0 Å². The minimum atomic E-state index is -5.90. The topological polar surface area (TPSA) is 282 Å². The molecule has 16 rings (SSSR count). The van der Waals surface area contributed by atoms with Gasteiger partial charge in [0, 0.05) is 0 Å². The van der Waals surface area contributed by atoms with E-state index in [0.717, 1.165) is 46.5 Å². The Kier molecular flexibility index (Phi) is 20.6. The van der Waals surface area contributed by atoms with Gasteiger partial charge in [0.2, 0.25) is 0 Å². The van der Waals surface area contributed by atoms with Gasteiger partial charge in [-0.3, -0.25) is 0 Å². The van der Waals surface area contributed by atoms with Gasteiger partial charge >= 0.3 is 657 Å². The second kappa shape index (κ2) is 32.2. The van der Waals surface area contributed by atoms with Crippen LogP contribution in [0.1, 0.15) is 0 Å². The molecule has 0 saturated heterocycles. The number of hydrogen-bond acceptors (Lipinski definition) is 16. The Bertz CT molecular complexity index is 5970. The number of ether oxygens (including phenoxy) is 8. The van der Waals surface area contributed by atoms with Crippen molar-refractivity contribution >= 4 is 78.9 Å². The summed E-state index contributed by atoms with van der Waals surface area (Å²) < 4.78 is 58.8. The summed E-state index contributed by atoms with van der Waals surface area (Å²) >= 11 is -5.90. The number of nitrogen functional groups attached to an aromatic ring is 8. The zero-order valence-electron chi connectivity index (χ0n) is 61.0. The molecule has 16 N–H and O–H groups in total. The van der Waals surface area contributed by atoms with E-state index >= 15 is 0 Å². The van der Waals surface area contributed by atoms with Crippen molar-refractivity contribution in [1.82, 2.24) is 0 Å². The summed E-state index contributed by atoms with van der Waals surface area (Å²) in [6, 6.07) is 117. The van der Waals surface area contributed by atoms with Gasteiger partial charge in [0.1, 0.15) is 0 Å². The van der Waals surface area contributed by atoms with Gasteiger partial charge in [0.15, 0.2) is 0 Å². The maximum atomic E-state index is 7.90. The molecule has 17 heteroatoms. The zero-order valence-corrected chi connectivity index (χ0v) is 64.5. The third-order valence-corrected chi connectivity index (χ3v) is 35.7. The third kappa shape index (κ3) is 16.2. The molecule has 113 heavy (non-hydrogen) atoms. The molecule has 16 aromatic carbocycles. The Morgan fingerprint density at radius 3 is 0.699 bits per heavy atom. The standard InChI is InChI=1S/C60H46N5O5.3C12H10NO.Bi/c61-42-19-31-50(32-20-42)66-46-23-11-38(12-24-46)54-37-55(39-13-25-48(26-14-39)68-52-7-3-5-44(63)35-52)59(41-17-29-49(30-18-41)69-53-8-4-6-45(64)36-53)60(70-57-10-2-1-9-56(57)65)58(54)40-15-27-47(28-16-40)67-51-33-21-43(62)22-34-51;2*13-10-5-4-8-12(9-10)14-11-6-2-1-3-7-11;13-11-8-4-5-9-12(11)14-10-6-2-1-3-7-10;/h1-36H,61-65H2;3*2-9H,13H2;. The van der Waals surface area contributed by atoms with E-state index in [2.05, 4.69) is 84.9 Å². The molecule has 0 atom stereocenters. The van der Waals surface area contributed by atoms with Gasteiger partial charge in [-0.15, -0.1) is 0 Å². The fourth-order valence-corrected chi connectivity index (χ4v) is 31.6. The molecule has 0 amide bonds. The molecule has 0 spiro atoms. The van der Waals surface area contributed by atoms with Crippen molar-refractivity contribution in [3.05, 3.63) is 364 Å². The molecule has 553 valence electrons. The number of para-hydroxylation sites is 4. The van der Waals surface area contributed by atoms with Gasteiger partial charge in [0.05, 0.1) is 0 Å². The molecular weight excluding hydrogens is 1600 g/mol. The fraction of sp³-hybridized carbons (Fsp3) is 0. The van der Waals surface area contributed by atoms with E-state index in [1.165, 1.54) is 0 Å². The van der Waals surface area contributed by atoms with E-state index in [1.807, 2.05) is 243 Å². The summed E-state index contributed by atoms with van der Waals surface area (Å²) in [7, 11) is 0. The van der Waals surface area contributed by atoms with Gasteiger partial charge in [-0.25, -0.2) is 0 Å². The monoisotopic (exact) mass is 1680 g/mol. The first-order valence-electron chi connectivity index (χ1n) is 36.3. The second-order valence-electron chi connectivity index (χ2n) is 26.7. The molecule has 0 aliphatic heterocycles. The molecule has 0 heterocycles. The molecule has 1 radical (unpaired) electrons. The van der Waals surface area contributed by atoms with Crippen molar-refractivity contribution in [3.8, 4) is 136 Å². The van der Waals surface area contributed by atoms with Gasteiger partial charge in [-0.05, 0) is 0 Å². The van der Waals surface area contributed by atoms with Crippen molar-refractivity contribution in [2.24, 2.45) is 0 Å². The fourth-order valence-electron chi connectivity index (χ4n) is 13.7. The van der Waals surface area contributed by atoms with Crippen molar-refractivity contribution in [1.29, 1.82) is 0 Å². The number of rotatable bonds is 24. The molecule has 16 nitrogen and oxygen atoms in total. The summed E-state index contributed by atoms with van der Waals surface area (Å²) in [5, 5.41) is 0. The van der Waals surface area contributed by atoms with Crippen LogP contribution >= 0.6 is 0 Å². The van der Waals surface area contributed by atoms with Crippen molar-refractivity contribution in [3.63, 3.8) is 0 Å². The van der Waals surface area contributed by atoms with Gasteiger partial charge in [0.25, 0.3) is 0 Å². The average molecular weight is 1680 g/mol. The number of nitrogens with two attached hydrogens (primary N) is 8. The number of benzene rings is 16. The van der Waals surface area contributed by atoms with Crippen LogP contribution in [0.15, 0.2) is 364 Å². The average Bonchev–Trinajstić information content (AvgIpc) is 0.689. The van der Waals surface area contributed by atoms with Gasteiger partial charge in [-0.1, -0.05) is 0 Å². The van der Waals surface area contributed by atoms with Crippen LogP contribution in [0.5, 0.6) is 92.0 Å². The van der Waals surface area contributed by atoms with Crippen LogP contribution in [0.2, 0.25) is 0 Å². The quantitative estimate of drug-likeness (QED) is 0.0206. The van der Waals surface area contributed by atoms with Gasteiger partial charge < -0.3 is 5.73 Å². The number of hydrogen-bond donors (Lipinski definition) is 8. The third-order valence-electron chi connectivity index (χ3n) is 18.9. The Morgan fingerprint density at radius 2 is 0.416 bits per heavy atom. The van der Waals surface area contributed by atoms with Crippen molar-refractivity contribution < 1.29 is 37.9 Å². The van der Waals surface area contributed by atoms with Crippen LogP contribution in [-0.2, 0) is 0 Å². The zero-order chi connectivity index (χ0) is 77.4. The van der Waals surface area contributed by atoms with Crippen LogP contribution in [0, 0.1) is 0 Å². The minimum absolute atomic E-state index is 0.386. The van der Waals surface area contributed by atoms with Crippen molar-refractivity contribution in [2.75, 3.05) is 45.9 Å². The number of anilines is 8. The summed E-state index contributed by atoms with van der Waals surface area (Å²) in [6.45, 7) is 0. The first kappa shape index (κ1) is 72.4. The molecular formula is C96H76BiN8O8. The van der Waals surface area contributed by atoms with E-state index < -0.39 is 20.3 Å². The van der Waals surface area contributed by atoms with Crippen LogP contribution in [-0.4, -0.2) is 20.3 Å².